The van der Waals surface area contributed by atoms with E-state index in [1.165, 1.54) is 12.1 Å². The molecule has 0 radical (unpaired) electrons. The summed E-state index contributed by atoms with van der Waals surface area (Å²) in [7, 11) is 0. The summed E-state index contributed by atoms with van der Waals surface area (Å²) in [5, 5.41) is 2.73. The van der Waals surface area contributed by atoms with Gasteiger partial charge in [0.25, 0.3) is 5.91 Å². The third-order valence-corrected chi connectivity index (χ3v) is 4.49. The summed E-state index contributed by atoms with van der Waals surface area (Å²) in [5.41, 5.74) is 5.22. The molecule has 0 aliphatic carbocycles. The van der Waals surface area contributed by atoms with E-state index in [2.05, 4.69) is 10.3 Å². The normalized spacial score (nSPS) is 10.9. The van der Waals surface area contributed by atoms with Crippen molar-refractivity contribution in [3.8, 4) is 11.3 Å². The van der Waals surface area contributed by atoms with E-state index in [-0.39, 0.29) is 5.56 Å². The zero-order valence-corrected chi connectivity index (χ0v) is 15.0. The van der Waals surface area contributed by atoms with Gasteiger partial charge in [-0.05, 0) is 55.3 Å². The summed E-state index contributed by atoms with van der Waals surface area (Å²) in [6, 6.07) is 15.9. The summed E-state index contributed by atoms with van der Waals surface area (Å²) in [6.07, 6.45) is 3.93. The second-order valence-corrected chi connectivity index (χ2v) is 6.56. The standard InChI is InChI=1S/C22H18FN3O/c1-14-5-10-18(19(23)12-14)22(27)24-17-8-6-16(7-9-17)20-13-26-11-3-4-15(2)21(26)25-20/h3-13H,1-2H3,(H,24,27). The maximum absolute atomic E-state index is 14.0. The number of nitrogens with one attached hydrogen (secondary N) is 1. The quantitative estimate of drug-likeness (QED) is 0.559. The Hall–Kier alpha value is -3.47. The second-order valence-electron chi connectivity index (χ2n) is 6.56. The fourth-order valence-corrected chi connectivity index (χ4v) is 3.02. The minimum absolute atomic E-state index is 0.0282. The maximum Gasteiger partial charge on any atom is 0.258 e. The predicted molar refractivity (Wildman–Crippen MR) is 104 cm³/mol. The van der Waals surface area contributed by atoms with Crippen LogP contribution in [0, 0.1) is 19.7 Å². The Balaban J connectivity index is 1.56. The molecule has 0 saturated heterocycles. The molecule has 0 aliphatic rings. The van der Waals surface area contributed by atoms with Gasteiger partial charge >= 0.3 is 0 Å². The van der Waals surface area contributed by atoms with Gasteiger partial charge in [0.1, 0.15) is 11.5 Å². The third kappa shape index (κ3) is 3.31. The van der Waals surface area contributed by atoms with Crippen LogP contribution >= 0.6 is 0 Å². The lowest BCUT2D eigenvalue weighted by Gasteiger charge is -2.07. The van der Waals surface area contributed by atoms with Gasteiger partial charge in [0.2, 0.25) is 0 Å². The van der Waals surface area contributed by atoms with Crippen molar-refractivity contribution in [2.45, 2.75) is 13.8 Å². The van der Waals surface area contributed by atoms with Crippen LogP contribution < -0.4 is 5.32 Å². The van der Waals surface area contributed by atoms with E-state index in [9.17, 15) is 9.18 Å². The largest absolute Gasteiger partial charge is 0.322 e. The molecule has 4 aromatic rings. The first-order chi connectivity index (χ1) is 13.0. The molecule has 2 heterocycles. The third-order valence-electron chi connectivity index (χ3n) is 4.49. The highest BCUT2D eigenvalue weighted by Gasteiger charge is 2.12. The molecule has 27 heavy (non-hydrogen) atoms. The molecule has 134 valence electrons. The van der Waals surface area contributed by atoms with Gasteiger partial charge in [-0.25, -0.2) is 9.37 Å². The van der Waals surface area contributed by atoms with Crippen LogP contribution in [0.25, 0.3) is 16.9 Å². The van der Waals surface area contributed by atoms with Crippen molar-refractivity contribution in [2.75, 3.05) is 5.32 Å². The predicted octanol–water partition coefficient (Wildman–Crippen LogP) is 5.01. The van der Waals surface area contributed by atoms with Crippen molar-refractivity contribution in [1.82, 2.24) is 9.38 Å². The van der Waals surface area contributed by atoms with Crippen LogP contribution in [0.1, 0.15) is 21.5 Å². The highest BCUT2D eigenvalue weighted by molar-refractivity contribution is 6.04. The van der Waals surface area contributed by atoms with Gasteiger partial charge in [-0.3, -0.25) is 4.79 Å². The van der Waals surface area contributed by atoms with Crippen LogP contribution in [0.5, 0.6) is 0 Å². The molecular weight excluding hydrogens is 341 g/mol. The fourth-order valence-electron chi connectivity index (χ4n) is 3.02. The first-order valence-electron chi connectivity index (χ1n) is 8.63. The van der Waals surface area contributed by atoms with E-state index >= 15 is 0 Å². The van der Waals surface area contributed by atoms with Crippen LogP contribution in [-0.4, -0.2) is 15.3 Å². The smallest absolute Gasteiger partial charge is 0.258 e. The summed E-state index contributed by atoms with van der Waals surface area (Å²) >= 11 is 0. The van der Waals surface area contributed by atoms with Crippen LogP contribution in [0.2, 0.25) is 0 Å². The lowest BCUT2D eigenvalue weighted by atomic mass is 10.1. The first-order valence-corrected chi connectivity index (χ1v) is 8.63. The van der Waals surface area contributed by atoms with E-state index in [1.807, 2.05) is 48.0 Å². The fraction of sp³-hybridized carbons (Fsp3) is 0.0909. The van der Waals surface area contributed by atoms with Gasteiger partial charge in [0.15, 0.2) is 0 Å². The van der Waals surface area contributed by atoms with Gasteiger partial charge in [-0.2, -0.15) is 0 Å². The number of carbonyl (C=O) groups excluding carboxylic acids is 1. The highest BCUT2D eigenvalue weighted by atomic mass is 19.1. The summed E-state index contributed by atoms with van der Waals surface area (Å²) in [4.78, 5) is 17.0. The summed E-state index contributed by atoms with van der Waals surface area (Å²) < 4.78 is 15.9. The lowest BCUT2D eigenvalue weighted by Crippen LogP contribution is -2.13. The molecule has 1 N–H and O–H groups in total. The van der Waals surface area contributed by atoms with Crippen LogP contribution in [0.4, 0.5) is 10.1 Å². The number of amides is 1. The van der Waals surface area contributed by atoms with E-state index in [1.54, 1.807) is 25.1 Å². The number of carbonyl (C=O) groups is 1. The Bertz CT molecular complexity index is 1150. The molecule has 1 amide bonds. The molecule has 0 bridgehead atoms. The van der Waals surface area contributed by atoms with Crippen molar-refractivity contribution in [3.05, 3.63) is 89.5 Å². The first kappa shape index (κ1) is 17.0. The average molecular weight is 359 g/mol. The van der Waals surface area contributed by atoms with Crippen molar-refractivity contribution in [2.24, 2.45) is 0 Å². The Labute approximate surface area is 156 Å². The van der Waals surface area contributed by atoms with Crippen LogP contribution in [-0.2, 0) is 0 Å². The van der Waals surface area contributed by atoms with Gasteiger partial charge in [-0.15, -0.1) is 0 Å². The molecule has 4 nitrogen and oxygen atoms in total. The van der Waals surface area contributed by atoms with Crippen molar-refractivity contribution in [1.29, 1.82) is 0 Å². The summed E-state index contributed by atoms with van der Waals surface area (Å²) in [6.45, 7) is 3.80. The van der Waals surface area contributed by atoms with Gasteiger partial charge < -0.3 is 9.72 Å². The van der Waals surface area contributed by atoms with E-state index in [4.69, 9.17) is 0 Å². The number of imidazole rings is 1. The Morgan fingerprint density at radius 3 is 2.56 bits per heavy atom. The monoisotopic (exact) mass is 359 g/mol. The zero-order valence-electron chi connectivity index (χ0n) is 15.0. The van der Waals surface area contributed by atoms with Crippen molar-refractivity contribution < 1.29 is 9.18 Å². The molecule has 0 unspecified atom stereocenters. The van der Waals surface area contributed by atoms with E-state index in [0.29, 0.717) is 5.69 Å². The summed E-state index contributed by atoms with van der Waals surface area (Å²) in [5.74, 6) is -0.993. The van der Waals surface area contributed by atoms with E-state index in [0.717, 1.165) is 28.0 Å². The van der Waals surface area contributed by atoms with Gasteiger partial charge in [0.05, 0.1) is 11.3 Å². The molecule has 4 rings (SSSR count). The minimum atomic E-state index is -0.524. The number of anilines is 1. The zero-order chi connectivity index (χ0) is 19.0. The molecule has 0 spiro atoms. The number of halogens is 1. The number of benzene rings is 2. The minimum Gasteiger partial charge on any atom is -0.322 e. The topological polar surface area (TPSA) is 46.4 Å². The molecular formula is C22H18FN3O. The average Bonchev–Trinajstić information content (AvgIpc) is 3.08. The molecule has 2 aromatic heterocycles. The molecule has 0 fully saturated rings. The Morgan fingerprint density at radius 2 is 1.85 bits per heavy atom. The van der Waals surface area contributed by atoms with E-state index < -0.39 is 11.7 Å². The highest BCUT2D eigenvalue weighted by Crippen LogP contribution is 2.23. The molecule has 0 saturated carbocycles. The lowest BCUT2D eigenvalue weighted by molar-refractivity contribution is 0.102. The molecule has 0 aliphatic heterocycles. The number of nitrogens with zero attached hydrogens (tertiary/aromatic N) is 2. The molecule has 0 atom stereocenters. The van der Waals surface area contributed by atoms with Crippen molar-refractivity contribution >= 4 is 17.2 Å². The molecule has 5 heteroatoms. The van der Waals surface area contributed by atoms with Gasteiger partial charge in [0, 0.05) is 23.6 Å². The number of aromatic nitrogens is 2. The Morgan fingerprint density at radius 1 is 1.07 bits per heavy atom. The van der Waals surface area contributed by atoms with Gasteiger partial charge in [-0.1, -0.05) is 24.3 Å². The number of pyridine rings is 1. The number of fused-ring (bicyclic) bond motifs is 1. The number of hydrogen-bond donors (Lipinski definition) is 1. The maximum atomic E-state index is 14.0. The molecule has 2 aromatic carbocycles. The number of aryl methyl sites for hydroxylation is 2. The van der Waals surface area contributed by atoms with Crippen LogP contribution in [0.3, 0.4) is 0 Å². The number of hydrogen-bond acceptors (Lipinski definition) is 2. The number of rotatable bonds is 3. The second kappa shape index (κ2) is 6.68. The Kier molecular flexibility index (Phi) is 4.20. The van der Waals surface area contributed by atoms with Crippen LogP contribution in [0.15, 0.2) is 67.0 Å². The van der Waals surface area contributed by atoms with Crippen molar-refractivity contribution in [3.63, 3.8) is 0 Å². The SMILES string of the molecule is Cc1ccc(C(=O)Nc2ccc(-c3cn4cccc(C)c4n3)cc2)c(F)c1.